The number of rotatable bonds is 8. The molecule has 148 valence electrons. The van der Waals surface area contributed by atoms with Crippen LogP contribution >= 0.6 is 35.7 Å². The molecule has 1 aromatic carbocycles. The SMILES string of the molecule is C/C=C(CSc1cnccc1N)\C(=C/CC)NC(=S)Nc1ccccc1SC. The molecule has 0 fully saturated rings. The smallest absolute Gasteiger partial charge is 0.175 e. The van der Waals surface area contributed by atoms with Crippen molar-refractivity contribution in [2.75, 3.05) is 23.1 Å². The van der Waals surface area contributed by atoms with Gasteiger partial charge in [-0.05, 0) is 55.6 Å². The molecule has 1 aromatic heterocycles. The maximum absolute atomic E-state index is 6.03. The van der Waals surface area contributed by atoms with Crippen molar-refractivity contribution in [3.8, 4) is 0 Å². The van der Waals surface area contributed by atoms with Gasteiger partial charge in [-0.3, -0.25) is 4.98 Å². The van der Waals surface area contributed by atoms with Gasteiger partial charge in [-0.15, -0.1) is 23.5 Å². The molecule has 0 saturated heterocycles. The molecule has 0 aliphatic carbocycles. The van der Waals surface area contributed by atoms with Crippen LogP contribution in [0.25, 0.3) is 0 Å². The first-order chi connectivity index (χ1) is 13.6. The van der Waals surface area contributed by atoms with E-state index in [4.69, 9.17) is 18.0 Å². The summed E-state index contributed by atoms with van der Waals surface area (Å²) < 4.78 is 0. The lowest BCUT2D eigenvalue weighted by molar-refractivity contribution is 1.08. The van der Waals surface area contributed by atoms with Crippen LogP contribution in [-0.4, -0.2) is 22.1 Å². The number of thiocarbonyl (C=S) groups is 1. The fourth-order valence-electron chi connectivity index (χ4n) is 2.47. The zero-order valence-corrected chi connectivity index (χ0v) is 18.8. The quantitative estimate of drug-likeness (QED) is 0.282. The molecule has 0 atom stereocenters. The summed E-state index contributed by atoms with van der Waals surface area (Å²) in [6, 6.07) is 9.95. The number of nitrogens with two attached hydrogens (primary N) is 1. The number of pyridine rings is 1. The zero-order valence-electron chi connectivity index (χ0n) is 16.4. The minimum Gasteiger partial charge on any atom is -0.398 e. The number of anilines is 2. The number of allylic oxidation sites excluding steroid dienone is 3. The van der Waals surface area contributed by atoms with Crippen molar-refractivity contribution >= 4 is 52.2 Å². The maximum Gasteiger partial charge on any atom is 0.175 e. The molecule has 2 rings (SSSR count). The van der Waals surface area contributed by atoms with Gasteiger partial charge in [-0.1, -0.05) is 31.2 Å². The van der Waals surface area contributed by atoms with Gasteiger partial charge in [0.1, 0.15) is 0 Å². The molecule has 0 unspecified atom stereocenters. The van der Waals surface area contributed by atoms with Gasteiger partial charge >= 0.3 is 0 Å². The number of hydrogen-bond acceptors (Lipinski definition) is 5. The Hall–Kier alpha value is -1.96. The highest BCUT2D eigenvalue weighted by atomic mass is 32.2. The largest absolute Gasteiger partial charge is 0.398 e. The second-order valence-corrected chi connectivity index (χ2v) is 8.10. The van der Waals surface area contributed by atoms with Crippen LogP contribution in [-0.2, 0) is 0 Å². The average molecular weight is 431 g/mol. The lowest BCUT2D eigenvalue weighted by Crippen LogP contribution is -2.29. The first kappa shape index (κ1) is 22.3. The lowest BCUT2D eigenvalue weighted by atomic mass is 10.2. The van der Waals surface area contributed by atoms with Crippen molar-refractivity contribution in [3.05, 3.63) is 66.1 Å². The standard InChI is InChI=1S/C21H26N4S3/c1-4-8-17(15(5-2)14-28-20-13-23-12-11-16(20)22)24-21(26)25-18-9-6-7-10-19(18)27-3/h5-13H,4,14H2,1-3H3,(H2,22,23)(H2,24,25,26)/b15-5-,17-8+. The summed E-state index contributed by atoms with van der Waals surface area (Å²) in [5, 5.41) is 7.25. The first-order valence-electron chi connectivity index (χ1n) is 8.98. The van der Waals surface area contributed by atoms with E-state index >= 15 is 0 Å². The molecule has 0 radical (unpaired) electrons. The van der Waals surface area contributed by atoms with E-state index in [-0.39, 0.29) is 0 Å². The normalized spacial score (nSPS) is 12.0. The molecule has 0 saturated carbocycles. The average Bonchev–Trinajstić information content (AvgIpc) is 2.70. The minimum absolute atomic E-state index is 0.575. The Morgan fingerprint density at radius 3 is 2.71 bits per heavy atom. The topological polar surface area (TPSA) is 63.0 Å². The molecule has 0 aliphatic rings. The first-order valence-corrected chi connectivity index (χ1v) is 11.6. The van der Waals surface area contributed by atoms with Crippen LogP contribution < -0.4 is 16.4 Å². The predicted octanol–water partition coefficient (Wildman–Crippen LogP) is 5.70. The maximum atomic E-state index is 6.03. The van der Waals surface area contributed by atoms with Crippen LogP contribution in [0.4, 0.5) is 11.4 Å². The Bertz CT molecular complexity index is 862. The summed E-state index contributed by atoms with van der Waals surface area (Å²) >= 11 is 8.92. The Kier molecular flexibility index (Phi) is 9.40. The second kappa shape index (κ2) is 11.8. The van der Waals surface area contributed by atoms with E-state index in [9.17, 15) is 0 Å². The number of nitrogen functional groups attached to an aromatic ring is 1. The van der Waals surface area contributed by atoms with Crippen molar-refractivity contribution in [3.63, 3.8) is 0 Å². The van der Waals surface area contributed by atoms with Crippen LogP contribution in [0.1, 0.15) is 20.3 Å². The van der Waals surface area contributed by atoms with Crippen LogP contribution in [0.5, 0.6) is 0 Å². The predicted molar refractivity (Wildman–Crippen MR) is 129 cm³/mol. The second-order valence-electron chi connectivity index (χ2n) is 5.82. The van der Waals surface area contributed by atoms with Crippen LogP contribution in [0, 0.1) is 0 Å². The van der Waals surface area contributed by atoms with Crippen LogP contribution in [0.2, 0.25) is 0 Å². The van der Waals surface area contributed by atoms with Crippen LogP contribution in [0.3, 0.4) is 0 Å². The van der Waals surface area contributed by atoms with Gasteiger partial charge in [0.2, 0.25) is 0 Å². The molecular formula is C21H26N4S3. The summed E-state index contributed by atoms with van der Waals surface area (Å²) in [5.41, 5.74) is 9.96. The number of thioether (sulfide) groups is 2. The highest BCUT2D eigenvalue weighted by Gasteiger charge is 2.10. The van der Waals surface area contributed by atoms with E-state index in [0.717, 1.165) is 44.6 Å². The molecule has 1 heterocycles. The van der Waals surface area contributed by atoms with E-state index in [2.05, 4.69) is 47.0 Å². The van der Waals surface area contributed by atoms with Crippen molar-refractivity contribution in [1.82, 2.24) is 10.3 Å². The molecule has 0 bridgehead atoms. The summed E-state index contributed by atoms with van der Waals surface area (Å²) in [6.07, 6.45) is 10.7. The van der Waals surface area contributed by atoms with Crippen molar-refractivity contribution in [2.24, 2.45) is 0 Å². The van der Waals surface area contributed by atoms with E-state index in [1.165, 1.54) is 0 Å². The van der Waals surface area contributed by atoms with E-state index in [1.807, 2.05) is 31.2 Å². The third-order valence-corrected chi connectivity index (χ3v) is 6.01. The van der Waals surface area contributed by atoms with E-state index < -0.39 is 0 Å². The summed E-state index contributed by atoms with van der Waals surface area (Å²) in [6.45, 7) is 4.15. The molecule has 28 heavy (non-hydrogen) atoms. The third kappa shape index (κ3) is 6.58. The number of hydrogen-bond donors (Lipinski definition) is 3. The number of nitrogens with zero attached hydrogens (tertiary/aromatic N) is 1. The van der Waals surface area contributed by atoms with Crippen molar-refractivity contribution < 1.29 is 0 Å². The lowest BCUT2D eigenvalue weighted by Gasteiger charge is -2.18. The van der Waals surface area contributed by atoms with Gasteiger partial charge in [-0.2, -0.15) is 0 Å². The Balaban J connectivity index is 2.07. The van der Waals surface area contributed by atoms with E-state index in [1.54, 1.807) is 35.9 Å². The summed E-state index contributed by atoms with van der Waals surface area (Å²) in [7, 11) is 0. The fraction of sp³-hybridized carbons (Fsp3) is 0.238. The summed E-state index contributed by atoms with van der Waals surface area (Å²) in [5.74, 6) is 0.773. The number of para-hydroxylation sites is 1. The monoisotopic (exact) mass is 430 g/mol. The van der Waals surface area contributed by atoms with Gasteiger partial charge in [0, 0.05) is 39.3 Å². The molecule has 2 aromatic rings. The van der Waals surface area contributed by atoms with Gasteiger partial charge in [-0.25, -0.2) is 0 Å². The van der Waals surface area contributed by atoms with Crippen molar-refractivity contribution in [1.29, 1.82) is 0 Å². The molecule has 7 heteroatoms. The van der Waals surface area contributed by atoms with Gasteiger partial charge in [0.05, 0.1) is 5.69 Å². The zero-order chi connectivity index (χ0) is 20.4. The Morgan fingerprint density at radius 1 is 1.25 bits per heavy atom. The van der Waals surface area contributed by atoms with Crippen molar-refractivity contribution in [2.45, 2.75) is 30.1 Å². The molecule has 4 nitrogen and oxygen atoms in total. The van der Waals surface area contributed by atoms with E-state index in [0.29, 0.717) is 5.11 Å². The van der Waals surface area contributed by atoms with Gasteiger partial charge in [0.25, 0.3) is 0 Å². The molecule has 0 aliphatic heterocycles. The highest BCUT2D eigenvalue weighted by Crippen LogP contribution is 2.28. The molecule has 4 N–H and O–H groups in total. The number of aromatic nitrogens is 1. The minimum atomic E-state index is 0.575. The van der Waals surface area contributed by atoms with Gasteiger partial charge in [0.15, 0.2) is 5.11 Å². The molecule has 0 spiro atoms. The fourth-order valence-corrected chi connectivity index (χ4v) is 4.25. The molecular weight excluding hydrogens is 404 g/mol. The summed E-state index contributed by atoms with van der Waals surface area (Å²) in [4.78, 5) is 6.29. The number of nitrogens with one attached hydrogen (secondary N) is 2. The Labute approximate surface area is 181 Å². The number of benzene rings is 1. The Morgan fingerprint density at radius 2 is 2.04 bits per heavy atom. The highest BCUT2D eigenvalue weighted by molar-refractivity contribution is 7.99. The van der Waals surface area contributed by atoms with Gasteiger partial charge < -0.3 is 16.4 Å². The third-order valence-electron chi connectivity index (χ3n) is 3.91. The molecule has 0 amide bonds. The van der Waals surface area contributed by atoms with Crippen LogP contribution in [0.15, 0.2) is 75.9 Å².